The van der Waals surface area contributed by atoms with E-state index in [0.29, 0.717) is 5.25 Å². The van der Waals surface area contributed by atoms with Crippen LogP contribution in [0, 0.1) is 0 Å². The van der Waals surface area contributed by atoms with Gasteiger partial charge >= 0.3 is 0 Å². The van der Waals surface area contributed by atoms with Gasteiger partial charge in [-0.1, -0.05) is 0 Å². The number of halogens is 1. The largest absolute Gasteiger partial charge is 0.379 e. The summed E-state index contributed by atoms with van der Waals surface area (Å²) < 4.78 is 5.11. The van der Waals surface area contributed by atoms with E-state index in [1.807, 2.05) is 0 Å². The highest BCUT2D eigenvalue weighted by Crippen LogP contribution is 2.22. The van der Waals surface area contributed by atoms with Gasteiger partial charge in [-0.3, -0.25) is 0 Å². The van der Waals surface area contributed by atoms with Crippen LogP contribution in [0.4, 0.5) is 0 Å². The topological polar surface area (TPSA) is 9.23 Å². The average molecular weight is 153 g/mol. The van der Waals surface area contributed by atoms with Crippen molar-refractivity contribution in [2.75, 3.05) is 19.5 Å². The average Bonchev–Trinajstić information content (AvgIpc) is 2.14. The molecule has 3 heteroatoms. The molecule has 1 nitrogen and oxygen atoms in total. The van der Waals surface area contributed by atoms with Gasteiger partial charge in [-0.05, 0) is 6.26 Å². The Bertz CT molecular complexity index is 78.8. The number of hydrogen-bond acceptors (Lipinski definition) is 2. The molecule has 48 valence electrons. The van der Waals surface area contributed by atoms with Crippen molar-refractivity contribution < 1.29 is 4.74 Å². The van der Waals surface area contributed by atoms with Gasteiger partial charge in [0.1, 0.15) is 0 Å². The lowest BCUT2D eigenvalue weighted by molar-refractivity contribution is 0.199. The zero-order valence-corrected chi connectivity index (χ0v) is 6.34. The summed E-state index contributed by atoms with van der Waals surface area (Å²) in [5, 5.41) is 0.765. The number of alkyl halides is 1. The summed E-state index contributed by atoms with van der Waals surface area (Å²) in [6, 6.07) is 0. The van der Waals surface area contributed by atoms with E-state index in [9.17, 15) is 0 Å². The molecule has 1 saturated heterocycles. The Hall–Kier alpha value is 0.600. The second kappa shape index (κ2) is 2.95. The van der Waals surface area contributed by atoms with Gasteiger partial charge in [0.15, 0.2) is 0 Å². The highest BCUT2D eigenvalue weighted by Gasteiger charge is 2.24. The maximum absolute atomic E-state index is 5.83. The molecule has 0 amide bonds. The third-order valence-electron chi connectivity index (χ3n) is 1.27. The monoisotopic (exact) mass is 152 g/mol. The molecule has 2 atom stereocenters. The summed E-state index contributed by atoms with van der Waals surface area (Å²) in [5.74, 6) is 0. The summed E-state index contributed by atoms with van der Waals surface area (Å²) >= 11 is 7.62. The highest BCUT2D eigenvalue weighted by molar-refractivity contribution is 7.99. The van der Waals surface area contributed by atoms with Crippen molar-refractivity contribution in [1.82, 2.24) is 0 Å². The molecular weight excluding hydrogens is 144 g/mol. The third kappa shape index (κ3) is 1.30. The first-order chi connectivity index (χ1) is 3.84. The minimum absolute atomic E-state index is 0.241. The minimum atomic E-state index is 0.241. The molecule has 8 heavy (non-hydrogen) atoms. The van der Waals surface area contributed by atoms with Crippen molar-refractivity contribution >= 4 is 23.4 Å². The molecule has 0 N–H and O–H groups in total. The van der Waals surface area contributed by atoms with Crippen molar-refractivity contribution in [1.29, 1.82) is 0 Å². The van der Waals surface area contributed by atoms with Crippen molar-refractivity contribution in [3.8, 4) is 0 Å². The lowest BCUT2D eigenvalue weighted by atomic mass is 10.4. The predicted molar refractivity (Wildman–Crippen MR) is 37.8 cm³/mol. The maximum Gasteiger partial charge on any atom is 0.0710 e. The fourth-order valence-corrected chi connectivity index (χ4v) is 1.80. The lowest BCUT2D eigenvalue weighted by Crippen LogP contribution is -2.12. The SMILES string of the molecule is CSC1COCC1Cl. The number of ether oxygens (including phenoxy) is 1. The van der Waals surface area contributed by atoms with Gasteiger partial charge < -0.3 is 4.74 Å². The molecule has 0 radical (unpaired) electrons. The van der Waals surface area contributed by atoms with E-state index < -0.39 is 0 Å². The Morgan fingerprint density at radius 2 is 2.38 bits per heavy atom. The van der Waals surface area contributed by atoms with Gasteiger partial charge in [-0.2, -0.15) is 11.8 Å². The number of hydrogen-bond donors (Lipinski definition) is 0. The van der Waals surface area contributed by atoms with Crippen molar-refractivity contribution in [3.63, 3.8) is 0 Å². The summed E-state index contributed by atoms with van der Waals surface area (Å²) in [6.45, 7) is 1.56. The van der Waals surface area contributed by atoms with E-state index in [1.165, 1.54) is 0 Å². The van der Waals surface area contributed by atoms with E-state index in [0.717, 1.165) is 13.2 Å². The Balaban J connectivity index is 2.30. The second-order valence-corrected chi connectivity index (χ2v) is 3.47. The molecule has 0 bridgehead atoms. The Kier molecular flexibility index (Phi) is 2.47. The molecule has 1 rings (SSSR count). The third-order valence-corrected chi connectivity index (χ3v) is 2.92. The predicted octanol–water partition coefficient (Wildman–Crippen LogP) is 1.36. The van der Waals surface area contributed by atoms with Gasteiger partial charge in [0.2, 0.25) is 0 Å². The van der Waals surface area contributed by atoms with Crippen LogP contribution in [0.1, 0.15) is 0 Å². The maximum atomic E-state index is 5.83. The van der Waals surface area contributed by atoms with Crippen LogP contribution < -0.4 is 0 Å². The van der Waals surface area contributed by atoms with Crippen molar-refractivity contribution in [2.45, 2.75) is 10.6 Å². The van der Waals surface area contributed by atoms with Crippen LogP contribution in [0.25, 0.3) is 0 Å². The van der Waals surface area contributed by atoms with Crippen molar-refractivity contribution in [3.05, 3.63) is 0 Å². The van der Waals surface area contributed by atoms with Gasteiger partial charge in [0.25, 0.3) is 0 Å². The van der Waals surface area contributed by atoms with Crippen LogP contribution in [0.15, 0.2) is 0 Å². The van der Waals surface area contributed by atoms with Gasteiger partial charge in [-0.25, -0.2) is 0 Å². The molecule has 1 fully saturated rings. The van der Waals surface area contributed by atoms with Crippen LogP contribution in [0.3, 0.4) is 0 Å². The Labute approximate surface area is 58.7 Å². The van der Waals surface area contributed by atoms with Crippen LogP contribution in [-0.4, -0.2) is 30.1 Å². The first-order valence-corrected chi connectivity index (χ1v) is 4.31. The molecular formula is C5H9ClOS. The summed E-state index contributed by atoms with van der Waals surface area (Å²) in [7, 11) is 0. The number of thioether (sulfide) groups is 1. The first kappa shape index (κ1) is 6.72. The fraction of sp³-hybridized carbons (Fsp3) is 1.00. The van der Waals surface area contributed by atoms with E-state index in [1.54, 1.807) is 11.8 Å². The second-order valence-electron chi connectivity index (χ2n) is 1.83. The summed E-state index contributed by atoms with van der Waals surface area (Å²) in [6.07, 6.45) is 2.06. The molecule has 0 aromatic heterocycles. The summed E-state index contributed by atoms with van der Waals surface area (Å²) in [5.41, 5.74) is 0. The highest BCUT2D eigenvalue weighted by atomic mass is 35.5. The molecule has 0 saturated carbocycles. The molecule has 0 aliphatic carbocycles. The molecule has 0 aromatic rings. The van der Waals surface area contributed by atoms with Crippen LogP contribution in [-0.2, 0) is 4.74 Å². The minimum Gasteiger partial charge on any atom is -0.379 e. The standard InChI is InChI=1S/C5H9ClOS/c1-8-5-3-7-2-4(5)6/h4-5H,2-3H2,1H3. The number of rotatable bonds is 1. The van der Waals surface area contributed by atoms with Crippen LogP contribution in [0.5, 0.6) is 0 Å². The van der Waals surface area contributed by atoms with E-state index >= 15 is 0 Å². The van der Waals surface area contributed by atoms with E-state index in [-0.39, 0.29) is 5.38 Å². The Morgan fingerprint density at radius 1 is 1.62 bits per heavy atom. The molecule has 0 spiro atoms. The molecule has 2 unspecified atom stereocenters. The van der Waals surface area contributed by atoms with Gasteiger partial charge in [0, 0.05) is 5.25 Å². The van der Waals surface area contributed by atoms with Crippen molar-refractivity contribution in [2.24, 2.45) is 0 Å². The molecule has 1 aliphatic rings. The molecule has 1 heterocycles. The normalized spacial score (nSPS) is 38.2. The molecule has 1 aliphatic heterocycles. The lowest BCUT2D eigenvalue weighted by Gasteiger charge is -2.04. The first-order valence-electron chi connectivity index (χ1n) is 2.59. The van der Waals surface area contributed by atoms with Gasteiger partial charge in [-0.15, -0.1) is 11.6 Å². The molecule has 0 aromatic carbocycles. The van der Waals surface area contributed by atoms with Crippen LogP contribution in [0.2, 0.25) is 0 Å². The zero-order chi connectivity index (χ0) is 5.98. The fourth-order valence-electron chi connectivity index (χ4n) is 0.724. The Morgan fingerprint density at radius 3 is 2.62 bits per heavy atom. The van der Waals surface area contributed by atoms with Crippen LogP contribution >= 0.6 is 23.4 Å². The summed E-state index contributed by atoms with van der Waals surface area (Å²) in [4.78, 5) is 0. The van der Waals surface area contributed by atoms with E-state index in [4.69, 9.17) is 16.3 Å². The van der Waals surface area contributed by atoms with E-state index in [2.05, 4.69) is 6.26 Å². The van der Waals surface area contributed by atoms with Gasteiger partial charge in [0.05, 0.1) is 18.6 Å². The smallest absolute Gasteiger partial charge is 0.0710 e. The quantitative estimate of drug-likeness (QED) is 0.525. The zero-order valence-electron chi connectivity index (χ0n) is 4.76.